The number of nitrogens with one attached hydrogen (secondary N) is 1. The topological polar surface area (TPSA) is 38.1 Å². The smallest absolute Gasteiger partial charge is 0.156 e. The van der Waals surface area contributed by atoms with E-state index in [1.807, 2.05) is 43.3 Å². The SMILES string of the molecule is Cc1cc(CNc2ccccc2)on1. The lowest BCUT2D eigenvalue weighted by Gasteiger charge is -2.01. The van der Waals surface area contributed by atoms with Gasteiger partial charge >= 0.3 is 0 Å². The molecule has 72 valence electrons. The monoisotopic (exact) mass is 188 g/mol. The highest BCUT2D eigenvalue weighted by molar-refractivity contribution is 5.42. The number of nitrogens with zero attached hydrogens (tertiary/aromatic N) is 1. The first-order chi connectivity index (χ1) is 6.84. The van der Waals surface area contributed by atoms with Crippen LogP contribution in [0.15, 0.2) is 40.9 Å². The number of hydrogen-bond donors (Lipinski definition) is 1. The number of para-hydroxylation sites is 1. The highest BCUT2D eigenvalue weighted by atomic mass is 16.5. The maximum absolute atomic E-state index is 5.07. The molecule has 2 aromatic rings. The predicted octanol–water partition coefficient (Wildman–Crippen LogP) is 2.60. The second kappa shape index (κ2) is 3.96. The maximum atomic E-state index is 5.07. The summed E-state index contributed by atoms with van der Waals surface area (Å²) in [6.07, 6.45) is 0. The lowest BCUT2D eigenvalue weighted by Crippen LogP contribution is -1.97. The van der Waals surface area contributed by atoms with E-state index in [2.05, 4.69) is 10.5 Å². The summed E-state index contributed by atoms with van der Waals surface area (Å²) in [5.74, 6) is 0.853. The minimum atomic E-state index is 0.671. The Balaban J connectivity index is 1.95. The van der Waals surface area contributed by atoms with Gasteiger partial charge in [0.1, 0.15) is 0 Å². The fourth-order valence-corrected chi connectivity index (χ4v) is 1.24. The van der Waals surface area contributed by atoms with Crippen LogP contribution >= 0.6 is 0 Å². The Morgan fingerprint density at radius 1 is 1.29 bits per heavy atom. The van der Waals surface area contributed by atoms with Crippen molar-refractivity contribution in [2.24, 2.45) is 0 Å². The summed E-state index contributed by atoms with van der Waals surface area (Å²) in [6, 6.07) is 11.9. The van der Waals surface area contributed by atoms with Gasteiger partial charge in [-0.25, -0.2) is 0 Å². The van der Waals surface area contributed by atoms with Crippen molar-refractivity contribution in [2.45, 2.75) is 13.5 Å². The molecule has 0 aliphatic heterocycles. The summed E-state index contributed by atoms with van der Waals surface area (Å²) in [7, 11) is 0. The second-order valence-electron chi connectivity index (χ2n) is 3.15. The second-order valence-corrected chi connectivity index (χ2v) is 3.15. The van der Waals surface area contributed by atoms with Crippen molar-refractivity contribution in [3.63, 3.8) is 0 Å². The molecule has 0 aliphatic carbocycles. The van der Waals surface area contributed by atoms with E-state index in [0.717, 1.165) is 17.1 Å². The van der Waals surface area contributed by atoms with Crippen molar-refractivity contribution in [3.05, 3.63) is 47.9 Å². The van der Waals surface area contributed by atoms with Crippen LogP contribution in [0.25, 0.3) is 0 Å². The lowest BCUT2D eigenvalue weighted by atomic mass is 10.3. The molecule has 1 aromatic carbocycles. The molecule has 0 saturated carbocycles. The fraction of sp³-hybridized carbons (Fsp3) is 0.182. The molecule has 0 atom stereocenters. The summed E-state index contributed by atoms with van der Waals surface area (Å²) in [5.41, 5.74) is 2.00. The van der Waals surface area contributed by atoms with E-state index in [0.29, 0.717) is 6.54 Å². The normalized spacial score (nSPS) is 10.1. The standard InChI is InChI=1S/C11H12N2O/c1-9-7-11(14-13-9)8-12-10-5-3-2-4-6-10/h2-7,12H,8H2,1H3. The molecule has 3 heteroatoms. The van der Waals surface area contributed by atoms with Gasteiger partial charge < -0.3 is 9.84 Å². The Labute approximate surface area is 82.7 Å². The van der Waals surface area contributed by atoms with Crippen LogP contribution in [0.5, 0.6) is 0 Å². The summed E-state index contributed by atoms with van der Waals surface area (Å²) in [5, 5.41) is 7.05. The average molecular weight is 188 g/mol. The molecule has 2 rings (SSSR count). The zero-order valence-corrected chi connectivity index (χ0v) is 8.03. The third-order valence-electron chi connectivity index (χ3n) is 1.92. The van der Waals surface area contributed by atoms with E-state index in [1.54, 1.807) is 0 Å². The van der Waals surface area contributed by atoms with Crippen LogP contribution in [-0.4, -0.2) is 5.16 Å². The first-order valence-corrected chi connectivity index (χ1v) is 4.56. The Morgan fingerprint density at radius 2 is 2.07 bits per heavy atom. The Hall–Kier alpha value is -1.77. The highest BCUT2D eigenvalue weighted by Crippen LogP contribution is 2.08. The van der Waals surface area contributed by atoms with Crippen LogP contribution in [0, 0.1) is 6.92 Å². The van der Waals surface area contributed by atoms with Crippen molar-refractivity contribution in [1.82, 2.24) is 5.16 Å². The number of aryl methyl sites for hydroxylation is 1. The number of benzene rings is 1. The maximum Gasteiger partial charge on any atom is 0.156 e. The minimum Gasteiger partial charge on any atom is -0.378 e. The van der Waals surface area contributed by atoms with E-state index in [4.69, 9.17) is 4.52 Å². The predicted molar refractivity (Wildman–Crippen MR) is 55.0 cm³/mol. The molecule has 14 heavy (non-hydrogen) atoms. The van der Waals surface area contributed by atoms with Crippen LogP contribution in [-0.2, 0) is 6.54 Å². The average Bonchev–Trinajstić information content (AvgIpc) is 2.63. The molecular formula is C11H12N2O. The van der Waals surface area contributed by atoms with E-state index in [1.165, 1.54) is 0 Å². The van der Waals surface area contributed by atoms with Crippen LogP contribution < -0.4 is 5.32 Å². The molecule has 0 fully saturated rings. The molecular weight excluding hydrogens is 176 g/mol. The molecule has 0 bridgehead atoms. The first kappa shape index (κ1) is 8.81. The molecule has 0 spiro atoms. The van der Waals surface area contributed by atoms with Gasteiger partial charge in [-0.15, -0.1) is 0 Å². The molecule has 1 aromatic heterocycles. The van der Waals surface area contributed by atoms with Crippen LogP contribution in [0.4, 0.5) is 5.69 Å². The summed E-state index contributed by atoms with van der Waals surface area (Å²) in [6.45, 7) is 2.58. The van der Waals surface area contributed by atoms with E-state index >= 15 is 0 Å². The molecule has 1 N–H and O–H groups in total. The minimum absolute atomic E-state index is 0.671. The quantitative estimate of drug-likeness (QED) is 0.804. The summed E-state index contributed by atoms with van der Waals surface area (Å²) < 4.78 is 5.07. The Bertz CT molecular complexity index is 395. The number of aromatic nitrogens is 1. The van der Waals surface area contributed by atoms with Gasteiger partial charge in [0.15, 0.2) is 5.76 Å². The third kappa shape index (κ3) is 2.13. The lowest BCUT2D eigenvalue weighted by molar-refractivity contribution is 0.384. The van der Waals surface area contributed by atoms with Gasteiger partial charge in [-0.1, -0.05) is 23.4 Å². The number of rotatable bonds is 3. The van der Waals surface area contributed by atoms with E-state index in [-0.39, 0.29) is 0 Å². The van der Waals surface area contributed by atoms with Crippen molar-refractivity contribution in [1.29, 1.82) is 0 Å². The fourth-order valence-electron chi connectivity index (χ4n) is 1.24. The van der Waals surface area contributed by atoms with Gasteiger partial charge in [0, 0.05) is 11.8 Å². The van der Waals surface area contributed by atoms with Gasteiger partial charge in [0.25, 0.3) is 0 Å². The molecule has 0 amide bonds. The first-order valence-electron chi connectivity index (χ1n) is 4.56. The third-order valence-corrected chi connectivity index (χ3v) is 1.92. The van der Waals surface area contributed by atoms with Gasteiger partial charge in [0.05, 0.1) is 12.2 Å². The van der Waals surface area contributed by atoms with Crippen molar-refractivity contribution < 1.29 is 4.52 Å². The van der Waals surface area contributed by atoms with Crippen LogP contribution in [0.3, 0.4) is 0 Å². The zero-order valence-electron chi connectivity index (χ0n) is 8.03. The molecule has 0 radical (unpaired) electrons. The van der Waals surface area contributed by atoms with Crippen molar-refractivity contribution in [2.75, 3.05) is 5.32 Å². The molecule has 3 nitrogen and oxygen atoms in total. The summed E-state index contributed by atoms with van der Waals surface area (Å²) in [4.78, 5) is 0. The van der Waals surface area contributed by atoms with Gasteiger partial charge in [-0.2, -0.15) is 0 Å². The van der Waals surface area contributed by atoms with Gasteiger partial charge in [0.2, 0.25) is 0 Å². The molecule has 1 heterocycles. The largest absolute Gasteiger partial charge is 0.378 e. The van der Waals surface area contributed by atoms with Gasteiger partial charge in [-0.3, -0.25) is 0 Å². The van der Waals surface area contributed by atoms with Crippen LogP contribution in [0.1, 0.15) is 11.5 Å². The highest BCUT2D eigenvalue weighted by Gasteiger charge is 1.99. The van der Waals surface area contributed by atoms with E-state index < -0.39 is 0 Å². The zero-order chi connectivity index (χ0) is 9.80. The van der Waals surface area contributed by atoms with E-state index in [9.17, 15) is 0 Å². The molecule has 0 unspecified atom stereocenters. The number of hydrogen-bond acceptors (Lipinski definition) is 3. The molecule has 0 aliphatic rings. The van der Waals surface area contributed by atoms with Crippen molar-refractivity contribution >= 4 is 5.69 Å². The van der Waals surface area contributed by atoms with Gasteiger partial charge in [-0.05, 0) is 19.1 Å². The Morgan fingerprint density at radius 3 is 2.71 bits per heavy atom. The van der Waals surface area contributed by atoms with Crippen molar-refractivity contribution in [3.8, 4) is 0 Å². The number of anilines is 1. The Kier molecular flexibility index (Phi) is 2.49. The van der Waals surface area contributed by atoms with Crippen LogP contribution in [0.2, 0.25) is 0 Å². The summed E-state index contributed by atoms with van der Waals surface area (Å²) >= 11 is 0. The molecule has 0 saturated heterocycles.